The van der Waals surface area contributed by atoms with Gasteiger partial charge in [0.25, 0.3) is 0 Å². The zero-order valence-corrected chi connectivity index (χ0v) is 9.91. The molecule has 0 saturated heterocycles. The Labute approximate surface area is 101 Å². The predicted octanol–water partition coefficient (Wildman–Crippen LogP) is 3.75. The summed E-state index contributed by atoms with van der Waals surface area (Å²) < 4.78 is 63.1. The van der Waals surface area contributed by atoms with E-state index in [0.717, 1.165) is 6.42 Å². The van der Waals surface area contributed by atoms with E-state index in [1.165, 1.54) is 0 Å². The van der Waals surface area contributed by atoms with Gasteiger partial charge in [-0.15, -0.1) is 0 Å². The molecule has 0 aliphatic heterocycles. The van der Waals surface area contributed by atoms with E-state index in [1.807, 2.05) is 6.92 Å². The highest BCUT2D eigenvalue weighted by Crippen LogP contribution is 2.44. The number of imidazole rings is 1. The Kier molecular flexibility index (Phi) is 2.90. The topological polar surface area (TPSA) is 28.7 Å². The number of nitrogens with zero attached hydrogens (tertiary/aromatic N) is 1. The zero-order chi connectivity index (χ0) is 13.7. The smallest absolute Gasteiger partial charge is 0.340 e. The molecule has 0 radical (unpaired) electrons. The molecule has 0 fully saturated rings. The Hall–Kier alpha value is -1.14. The van der Waals surface area contributed by atoms with E-state index < -0.39 is 17.9 Å². The molecule has 0 amide bonds. The standard InChI is InChI=1S/C11H13F5N2/c1-5-3-6(2)8-7(4-5)17-9(18-8)10(12,13)11(14,15)16/h5-6H,3-4H2,1-2H3,(H,17,18). The molecule has 0 aromatic carbocycles. The molecule has 2 unspecified atom stereocenters. The highest BCUT2D eigenvalue weighted by atomic mass is 19.4. The Morgan fingerprint density at radius 1 is 1.17 bits per heavy atom. The fraction of sp³-hybridized carbons (Fsp3) is 0.727. The SMILES string of the molecule is CC1Cc2[nH]c(C(F)(F)C(F)(F)F)nc2C(C)C1. The first-order chi connectivity index (χ1) is 8.13. The van der Waals surface area contributed by atoms with Crippen LogP contribution in [0.2, 0.25) is 0 Å². The van der Waals surface area contributed by atoms with Crippen molar-refractivity contribution in [1.82, 2.24) is 9.97 Å². The predicted molar refractivity (Wildman–Crippen MR) is 54.4 cm³/mol. The maximum Gasteiger partial charge on any atom is 0.461 e. The van der Waals surface area contributed by atoms with Crippen molar-refractivity contribution in [1.29, 1.82) is 0 Å². The number of rotatable bonds is 1. The summed E-state index contributed by atoms with van der Waals surface area (Å²) in [6.07, 6.45) is -4.42. The van der Waals surface area contributed by atoms with Gasteiger partial charge in [0.05, 0.1) is 5.69 Å². The van der Waals surface area contributed by atoms with Gasteiger partial charge in [-0.2, -0.15) is 22.0 Å². The molecular formula is C11H13F5N2. The van der Waals surface area contributed by atoms with Gasteiger partial charge in [0.15, 0.2) is 5.82 Å². The summed E-state index contributed by atoms with van der Waals surface area (Å²) in [6, 6.07) is 0. The Morgan fingerprint density at radius 2 is 1.78 bits per heavy atom. The second-order valence-electron chi connectivity index (χ2n) is 4.97. The van der Waals surface area contributed by atoms with Crippen molar-refractivity contribution in [3.63, 3.8) is 0 Å². The first-order valence-corrected chi connectivity index (χ1v) is 5.66. The van der Waals surface area contributed by atoms with Crippen molar-refractivity contribution < 1.29 is 22.0 Å². The summed E-state index contributed by atoms with van der Waals surface area (Å²) >= 11 is 0. The van der Waals surface area contributed by atoms with E-state index >= 15 is 0 Å². The highest BCUT2D eigenvalue weighted by molar-refractivity contribution is 5.24. The number of hydrogen-bond donors (Lipinski definition) is 1. The van der Waals surface area contributed by atoms with Gasteiger partial charge < -0.3 is 4.98 Å². The first kappa shape index (κ1) is 13.3. The minimum absolute atomic E-state index is 0.0993. The van der Waals surface area contributed by atoms with E-state index in [4.69, 9.17) is 0 Å². The summed E-state index contributed by atoms with van der Waals surface area (Å²) in [6.45, 7) is 3.71. The second-order valence-corrected chi connectivity index (χ2v) is 4.97. The van der Waals surface area contributed by atoms with Crippen LogP contribution in [0, 0.1) is 5.92 Å². The molecule has 18 heavy (non-hydrogen) atoms. The average Bonchev–Trinajstić information content (AvgIpc) is 2.59. The van der Waals surface area contributed by atoms with Gasteiger partial charge in [-0.05, 0) is 18.8 Å². The number of fused-ring (bicyclic) bond motifs is 1. The van der Waals surface area contributed by atoms with Crippen LogP contribution in [-0.2, 0) is 12.3 Å². The fourth-order valence-electron chi connectivity index (χ4n) is 2.42. The quantitative estimate of drug-likeness (QED) is 0.772. The van der Waals surface area contributed by atoms with Crippen LogP contribution < -0.4 is 0 Å². The van der Waals surface area contributed by atoms with Crippen molar-refractivity contribution in [2.24, 2.45) is 5.92 Å². The molecule has 2 nitrogen and oxygen atoms in total. The van der Waals surface area contributed by atoms with Gasteiger partial charge in [-0.3, -0.25) is 0 Å². The lowest BCUT2D eigenvalue weighted by Gasteiger charge is -2.22. The molecular weight excluding hydrogens is 255 g/mol. The highest BCUT2D eigenvalue weighted by Gasteiger charge is 2.61. The van der Waals surface area contributed by atoms with Crippen molar-refractivity contribution in [2.75, 3.05) is 0 Å². The van der Waals surface area contributed by atoms with E-state index in [9.17, 15) is 22.0 Å². The van der Waals surface area contributed by atoms with Crippen LogP contribution in [-0.4, -0.2) is 16.1 Å². The molecule has 0 bridgehead atoms. The van der Waals surface area contributed by atoms with Crippen LogP contribution in [0.25, 0.3) is 0 Å². The molecule has 7 heteroatoms. The molecule has 102 valence electrons. The van der Waals surface area contributed by atoms with Crippen LogP contribution in [0.15, 0.2) is 0 Å². The number of halogens is 5. The summed E-state index contributed by atoms with van der Waals surface area (Å²) in [5.41, 5.74) is 0.743. The summed E-state index contributed by atoms with van der Waals surface area (Å²) in [5.74, 6) is -6.06. The van der Waals surface area contributed by atoms with E-state index in [1.54, 1.807) is 6.92 Å². The minimum atomic E-state index is -5.62. The number of nitrogens with one attached hydrogen (secondary N) is 1. The van der Waals surface area contributed by atoms with Crippen LogP contribution in [0.1, 0.15) is 43.4 Å². The second kappa shape index (κ2) is 3.93. The Morgan fingerprint density at radius 3 is 2.33 bits per heavy atom. The Balaban J connectivity index is 2.42. The van der Waals surface area contributed by atoms with Crippen LogP contribution >= 0.6 is 0 Å². The lowest BCUT2D eigenvalue weighted by molar-refractivity contribution is -0.292. The summed E-state index contributed by atoms with van der Waals surface area (Å²) in [5, 5.41) is 0. The molecule has 0 spiro atoms. The van der Waals surface area contributed by atoms with Crippen LogP contribution in [0.4, 0.5) is 22.0 Å². The summed E-state index contributed by atoms with van der Waals surface area (Å²) in [4.78, 5) is 5.64. The third-order valence-electron chi connectivity index (χ3n) is 3.24. The number of aromatic nitrogens is 2. The maximum atomic E-state index is 13.2. The number of hydrogen-bond acceptors (Lipinski definition) is 1. The Bertz CT molecular complexity index is 449. The molecule has 1 aliphatic carbocycles. The molecule has 2 atom stereocenters. The molecule has 0 saturated carbocycles. The maximum absolute atomic E-state index is 13.2. The molecule has 1 aromatic heterocycles. The van der Waals surface area contributed by atoms with Crippen molar-refractivity contribution in [3.8, 4) is 0 Å². The zero-order valence-electron chi connectivity index (χ0n) is 9.91. The van der Waals surface area contributed by atoms with Gasteiger partial charge >= 0.3 is 12.1 Å². The molecule has 2 rings (SSSR count). The van der Waals surface area contributed by atoms with Crippen molar-refractivity contribution >= 4 is 0 Å². The van der Waals surface area contributed by atoms with Gasteiger partial charge in [0.2, 0.25) is 0 Å². The van der Waals surface area contributed by atoms with E-state index in [0.29, 0.717) is 17.8 Å². The largest absolute Gasteiger partial charge is 0.461 e. The van der Waals surface area contributed by atoms with Gasteiger partial charge in [0.1, 0.15) is 0 Å². The monoisotopic (exact) mass is 268 g/mol. The lowest BCUT2D eigenvalue weighted by Crippen LogP contribution is -2.34. The van der Waals surface area contributed by atoms with Crippen molar-refractivity contribution in [3.05, 3.63) is 17.2 Å². The molecule has 1 aromatic rings. The third kappa shape index (κ3) is 1.99. The summed E-state index contributed by atoms with van der Waals surface area (Å²) in [7, 11) is 0. The van der Waals surface area contributed by atoms with Gasteiger partial charge in [-0.1, -0.05) is 13.8 Å². The lowest BCUT2D eigenvalue weighted by atomic mass is 9.84. The van der Waals surface area contributed by atoms with Crippen molar-refractivity contribution in [2.45, 2.75) is 44.7 Å². The molecule has 1 aliphatic rings. The first-order valence-electron chi connectivity index (χ1n) is 5.66. The normalized spacial score (nSPS) is 25.1. The number of aromatic amines is 1. The van der Waals surface area contributed by atoms with Gasteiger partial charge in [0, 0.05) is 11.6 Å². The van der Waals surface area contributed by atoms with Gasteiger partial charge in [-0.25, -0.2) is 4.98 Å². The van der Waals surface area contributed by atoms with E-state index in [-0.39, 0.29) is 11.8 Å². The van der Waals surface area contributed by atoms with Crippen LogP contribution in [0.3, 0.4) is 0 Å². The fourth-order valence-corrected chi connectivity index (χ4v) is 2.42. The number of alkyl halides is 5. The van der Waals surface area contributed by atoms with E-state index in [2.05, 4.69) is 9.97 Å². The average molecular weight is 268 g/mol. The van der Waals surface area contributed by atoms with Crippen LogP contribution in [0.5, 0.6) is 0 Å². The number of H-pyrrole nitrogens is 1. The molecule has 1 heterocycles. The minimum Gasteiger partial charge on any atom is -0.340 e. The molecule has 1 N–H and O–H groups in total. The third-order valence-corrected chi connectivity index (χ3v) is 3.24.